The Kier molecular flexibility index (Phi) is 4.34. The van der Waals surface area contributed by atoms with E-state index in [4.69, 9.17) is 10.5 Å². The van der Waals surface area contributed by atoms with Crippen molar-refractivity contribution in [1.82, 2.24) is 4.90 Å². The largest absolute Gasteiger partial charge is 0.506 e. The fraction of sp³-hybridized carbons (Fsp3) is 0.417. The lowest BCUT2D eigenvalue weighted by Gasteiger charge is -2.17. The van der Waals surface area contributed by atoms with Gasteiger partial charge in [0.15, 0.2) is 0 Å². The van der Waals surface area contributed by atoms with Crippen LogP contribution in [-0.2, 0) is 4.74 Å². The molecule has 1 aromatic rings. The van der Waals surface area contributed by atoms with Gasteiger partial charge in [-0.1, -0.05) is 0 Å². The van der Waals surface area contributed by atoms with E-state index in [0.717, 1.165) is 0 Å². The Balaban J connectivity index is 2.66. The van der Waals surface area contributed by atoms with Gasteiger partial charge >= 0.3 is 5.97 Å². The molecular weight excluding hydrogens is 220 g/mol. The number of nitrogens with two attached hydrogens (primary N) is 1. The Morgan fingerprint density at radius 2 is 2.18 bits per heavy atom. The first-order valence-corrected chi connectivity index (χ1v) is 5.34. The van der Waals surface area contributed by atoms with E-state index < -0.39 is 5.97 Å². The molecule has 5 heteroatoms. The molecule has 1 unspecified atom stereocenters. The summed E-state index contributed by atoms with van der Waals surface area (Å²) in [5.74, 6) is -0.478. The van der Waals surface area contributed by atoms with E-state index in [0.29, 0.717) is 12.1 Å². The van der Waals surface area contributed by atoms with Crippen molar-refractivity contribution in [2.75, 3.05) is 26.4 Å². The Labute approximate surface area is 101 Å². The summed E-state index contributed by atoms with van der Waals surface area (Å²) >= 11 is 0. The number of ether oxygens (including phenoxy) is 1. The van der Waals surface area contributed by atoms with E-state index in [-0.39, 0.29) is 17.5 Å². The molecule has 3 N–H and O–H groups in total. The van der Waals surface area contributed by atoms with Crippen molar-refractivity contribution in [2.45, 2.75) is 13.0 Å². The van der Waals surface area contributed by atoms with E-state index in [1.165, 1.54) is 18.2 Å². The third-order valence-electron chi connectivity index (χ3n) is 2.19. The van der Waals surface area contributed by atoms with Crippen LogP contribution >= 0.6 is 0 Å². The minimum atomic E-state index is -0.439. The van der Waals surface area contributed by atoms with Crippen LogP contribution in [0.5, 0.6) is 5.75 Å². The molecule has 0 heterocycles. The molecule has 0 aliphatic heterocycles. The van der Waals surface area contributed by atoms with Crippen LogP contribution in [0.15, 0.2) is 18.2 Å². The molecule has 0 aliphatic carbocycles. The minimum absolute atomic E-state index is 0.0390. The molecule has 0 fully saturated rings. The fourth-order valence-corrected chi connectivity index (χ4v) is 1.48. The summed E-state index contributed by atoms with van der Waals surface area (Å²) in [6.07, 6.45) is -0.201. The molecule has 0 aliphatic rings. The fourth-order valence-electron chi connectivity index (χ4n) is 1.48. The third kappa shape index (κ3) is 3.96. The minimum Gasteiger partial charge on any atom is -0.506 e. The number of likely N-dealkylation sites (N-methyl/N-ethyl adjacent to an activating group) is 1. The second-order valence-electron chi connectivity index (χ2n) is 4.25. The van der Waals surface area contributed by atoms with E-state index in [1.807, 2.05) is 25.9 Å². The quantitative estimate of drug-likeness (QED) is 0.466. The van der Waals surface area contributed by atoms with Crippen molar-refractivity contribution in [1.29, 1.82) is 0 Å². The summed E-state index contributed by atoms with van der Waals surface area (Å²) in [5, 5.41) is 9.24. The van der Waals surface area contributed by atoms with Gasteiger partial charge in [0.25, 0.3) is 0 Å². The molecule has 17 heavy (non-hydrogen) atoms. The van der Waals surface area contributed by atoms with Gasteiger partial charge in [0, 0.05) is 6.54 Å². The van der Waals surface area contributed by atoms with Gasteiger partial charge in [-0.3, -0.25) is 0 Å². The number of rotatable bonds is 4. The average molecular weight is 238 g/mol. The SMILES string of the molecule is CC(CN(C)C)OC(=O)c1ccc(O)c(N)c1. The molecule has 94 valence electrons. The van der Waals surface area contributed by atoms with Gasteiger partial charge in [-0.2, -0.15) is 0 Å². The standard InChI is InChI=1S/C12H18N2O3/c1-8(7-14(2)3)17-12(16)9-4-5-11(15)10(13)6-9/h4-6,8,15H,7,13H2,1-3H3. The van der Waals surface area contributed by atoms with Gasteiger partial charge in [0.05, 0.1) is 11.3 Å². The molecule has 0 radical (unpaired) electrons. The van der Waals surface area contributed by atoms with Crippen molar-refractivity contribution in [3.63, 3.8) is 0 Å². The number of hydrogen-bond acceptors (Lipinski definition) is 5. The lowest BCUT2D eigenvalue weighted by Crippen LogP contribution is -2.28. The van der Waals surface area contributed by atoms with Crippen molar-refractivity contribution in [3.8, 4) is 5.75 Å². The van der Waals surface area contributed by atoms with Gasteiger partial charge in [0.2, 0.25) is 0 Å². The van der Waals surface area contributed by atoms with E-state index in [9.17, 15) is 9.90 Å². The smallest absolute Gasteiger partial charge is 0.338 e. The number of phenolic OH excluding ortho intramolecular Hbond substituents is 1. The molecule has 5 nitrogen and oxygen atoms in total. The van der Waals surface area contributed by atoms with Gasteiger partial charge in [-0.25, -0.2) is 4.79 Å². The Morgan fingerprint density at radius 3 is 2.71 bits per heavy atom. The van der Waals surface area contributed by atoms with Crippen LogP contribution in [0.4, 0.5) is 5.69 Å². The molecule has 0 spiro atoms. The summed E-state index contributed by atoms with van der Waals surface area (Å²) in [6.45, 7) is 2.47. The van der Waals surface area contributed by atoms with Gasteiger partial charge in [-0.15, -0.1) is 0 Å². The van der Waals surface area contributed by atoms with Crippen molar-refractivity contribution >= 4 is 11.7 Å². The number of esters is 1. The number of aromatic hydroxyl groups is 1. The van der Waals surface area contributed by atoms with Crippen LogP contribution in [0.1, 0.15) is 17.3 Å². The van der Waals surface area contributed by atoms with Crippen molar-refractivity contribution < 1.29 is 14.6 Å². The van der Waals surface area contributed by atoms with Crippen LogP contribution < -0.4 is 5.73 Å². The predicted molar refractivity (Wildman–Crippen MR) is 66.0 cm³/mol. The zero-order chi connectivity index (χ0) is 13.0. The summed E-state index contributed by atoms with van der Waals surface area (Å²) in [4.78, 5) is 13.7. The molecule has 1 atom stereocenters. The van der Waals surface area contributed by atoms with Crippen LogP contribution in [0.3, 0.4) is 0 Å². The number of phenols is 1. The lowest BCUT2D eigenvalue weighted by molar-refractivity contribution is 0.0289. The second kappa shape index (κ2) is 5.54. The van der Waals surface area contributed by atoms with Gasteiger partial charge < -0.3 is 20.5 Å². The highest BCUT2D eigenvalue weighted by Crippen LogP contribution is 2.21. The van der Waals surface area contributed by atoms with E-state index in [2.05, 4.69) is 0 Å². The number of nitrogens with zero attached hydrogens (tertiary/aromatic N) is 1. The lowest BCUT2D eigenvalue weighted by atomic mass is 10.2. The highest BCUT2D eigenvalue weighted by molar-refractivity contribution is 5.91. The molecular formula is C12H18N2O3. The monoisotopic (exact) mass is 238 g/mol. The summed E-state index contributed by atoms with van der Waals surface area (Å²) < 4.78 is 5.22. The molecule has 1 rings (SSSR count). The highest BCUT2D eigenvalue weighted by Gasteiger charge is 2.13. The highest BCUT2D eigenvalue weighted by atomic mass is 16.5. The maximum atomic E-state index is 11.7. The van der Waals surface area contributed by atoms with E-state index >= 15 is 0 Å². The first kappa shape index (κ1) is 13.3. The van der Waals surface area contributed by atoms with E-state index in [1.54, 1.807) is 0 Å². The predicted octanol–water partition coefficient (Wildman–Crippen LogP) is 1.08. The van der Waals surface area contributed by atoms with Crippen LogP contribution in [-0.4, -0.2) is 42.7 Å². The third-order valence-corrected chi connectivity index (χ3v) is 2.19. The first-order chi connectivity index (χ1) is 7.90. The normalized spacial score (nSPS) is 12.5. The molecule has 0 bridgehead atoms. The van der Waals surface area contributed by atoms with Crippen LogP contribution in [0.2, 0.25) is 0 Å². The number of hydrogen-bond donors (Lipinski definition) is 2. The summed E-state index contributed by atoms with van der Waals surface area (Å²) in [5.41, 5.74) is 6.01. The van der Waals surface area contributed by atoms with Crippen molar-refractivity contribution in [2.24, 2.45) is 0 Å². The topological polar surface area (TPSA) is 75.8 Å². The number of carbonyl (C=O) groups excluding carboxylic acids is 1. The zero-order valence-corrected chi connectivity index (χ0v) is 10.3. The summed E-state index contributed by atoms with van der Waals surface area (Å²) in [6, 6.07) is 4.26. The Bertz CT molecular complexity index is 405. The van der Waals surface area contributed by atoms with Gasteiger partial charge in [0.1, 0.15) is 11.9 Å². The number of carbonyl (C=O) groups is 1. The van der Waals surface area contributed by atoms with Crippen LogP contribution in [0.25, 0.3) is 0 Å². The molecule has 1 aromatic carbocycles. The number of anilines is 1. The summed E-state index contributed by atoms with van der Waals surface area (Å²) in [7, 11) is 3.81. The molecule has 0 saturated heterocycles. The van der Waals surface area contributed by atoms with Crippen LogP contribution in [0, 0.1) is 0 Å². The maximum absolute atomic E-state index is 11.7. The first-order valence-electron chi connectivity index (χ1n) is 5.34. The molecule has 0 aromatic heterocycles. The molecule has 0 amide bonds. The Morgan fingerprint density at radius 1 is 1.53 bits per heavy atom. The number of nitrogen functional groups attached to an aromatic ring is 1. The maximum Gasteiger partial charge on any atom is 0.338 e. The van der Waals surface area contributed by atoms with Crippen molar-refractivity contribution in [3.05, 3.63) is 23.8 Å². The van der Waals surface area contributed by atoms with Gasteiger partial charge in [-0.05, 0) is 39.2 Å². The number of benzene rings is 1. The average Bonchev–Trinajstić information content (AvgIpc) is 2.20. The molecule has 0 saturated carbocycles. The zero-order valence-electron chi connectivity index (χ0n) is 10.3. The second-order valence-corrected chi connectivity index (χ2v) is 4.25. The Hall–Kier alpha value is -1.75.